The zero-order valence-electron chi connectivity index (χ0n) is 9.64. The summed E-state index contributed by atoms with van der Waals surface area (Å²) < 4.78 is 25.5. The van der Waals surface area contributed by atoms with Gasteiger partial charge in [0.2, 0.25) is 10.0 Å². The third kappa shape index (κ3) is 2.84. The van der Waals surface area contributed by atoms with E-state index in [2.05, 4.69) is 15.9 Å². The maximum Gasteiger partial charge on any atom is 0.243 e. The first-order valence-electron chi connectivity index (χ1n) is 5.02. The van der Waals surface area contributed by atoms with Gasteiger partial charge in [-0.1, -0.05) is 28.1 Å². The fourth-order valence-electron chi connectivity index (χ4n) is 1.19. The van der Waals surface area contributed by atoms with Crippen molar-refractivity contribution in [2.75, 3.05) is 7.05 Å². The summed E-state index contributed by atoms with van der Waals surface area (Å²) in [5, 5.41) is 0.730. The van der Waals surface area contributed by atoms with Gasteiger partial charge in [-0.15, -0.1) is 0 Å². The summed E-state index contributed by atoms with van der Waals surface area (Å²) in [5.74, 6) is 0. The Morgan fingerprint density at radius 2 is 1.75 bits per heavy atom. The van der Waals surface area contributed by atoms with E-state index in [1.165, 1.54) is 4.31 Å². The van der Waals surface area contributed by atoms with E-state index in [1.54, 1.807) is 19.2 Å². The van der Waals surface area contributed by atoms with Crippen LogP contribution < -0.4 is 0 Å². The molecule has 1 rings (SSSR count). The SMILES string of the molecule is CC(C)N(C)S(=O)(=O)c1ccc(CBr)cc1. The molecule has 3 nitrogen and oxygen atoms in total. The topological polar surface area (TPSA) is 37.4 Å². The standard InChI is InChI=1S/C11H16BrNO2S/c1-9(2)13(3)16(14,15)11-6-4-10(8-12)5-7-11/h4-7,9H,8H2,1-3H3. The van der Waals surface area contributed by atoms with Crippen molar-refractivity contribution in [3.05, 3.63) is 29.8 Å². The summed E-state index contributed by atoms with van der Waals surface area (Å²) in [6, 6.07) is 6.88. The average molecular weight is 306 g/mol. The summed E-state index contributed by atoms with van der Waals surface area (Å²) in [5.41, 5.74) is 1.06. The summed E-state index contributed by atoms with van der Waals surface area (Å²) in [7, 11) is -1.75. The normalized spacial score (nSPS) is 12.4. The van der Waals surface area contributed by atoms with Crippen molar-refractivity contribution in [3.8, 4) is 0 Å². The second kappa shape index (κ2) is 5.29. The van der Waals surface area contributed by atoms with Gasteiger partial charge in [0.05, 0.1) is 4.90 Å². The van der Waals surface area contributed by atoms with Crippen molar-refractivity contribution in [2.24, 2.45) is 0 Å². The van der Waals surface area contributed by atoms with Gasteiger partial charge in [0.15, 0.2) is 0 Å². The molecule has 0 bridgehead atoms. The molecule has 16 heavy (non-hydrogen) atoms. The van der Waals surface area contributed by atoms with Crippen LogP contribution in [0.4, 0.5) is 0 Å². The third-order valence-electron chi connectivity index (χ3n) is 2.48. The second-order valence-corrected chi connectivity index (χ2v) is 6.45. The number of alkyl halides is 1. The molecule has 0 spiro atoms. The first-order chi connectivity index (χ1) is 7.39. The van der Waals surface area contributed by atoms with Gasteiger partial charge in [0.1, 0.15) is 0 Å². The van der Waals surface area contributed by atoms with Gasteiger partial charge in [-0.3, -0.25) is 0 Å². The minimum Gasteiger partial charge on any atom is -0.207 e. The van der Waals surface area contributed by atoms with Gasteiger partial charge in [-0.25, -0.2) is 8.42 Å². The first kappa shape index (κ1) is 13.7. The van der Waals surface area contributed by atoms with Crippen molar-refractivity contribution < 1.29 is 8.42 Å². The number of hydrogen-bond donors (Lipinski definition) is 0. The predicted molar refractivity (Wildman–Crippen MR) is 69.2 cm³/mol. The number of hydrogen-bond acceptors (Lipinski definition) is 2. The Balaban J connectivity index is 3.08. The van der Waals surface area contributed by atoms with E-state index in [0.717, 1.165) is 10.9 Å². The smallest absolute Gasteiger partial charge is 0.207 e. The molecule has 0 aliphatic heterocycles. The highest BCUT2D eigenvalue weighted by Gasteiger charge is 2.22. The van der Waals surface area contributed by atoms with Crippen molar-refractivity contribution in [1.82, 2.24) is 4.31 Å². The molecule has 0 unspecified atom stereocenters. The van der Waals surface area contributed by atoms with Gasteiger partial charge in [0, 0.05) is 18.4 Å². The summed E-state index contributed by atoms with van der Waals surface area (Å²) in [6.07, 6.45) is 0. The molecule has 0 saturated carbocycles. The molecule has 0 radical (unpaired) electrons. The quantitative estimate of drug-likeness (QED) is 0.802. The molecule has 0 aliphatic carbocycles. The zero-order chi connectivity index (χ0) is 12.3. The van der Waals surface area contributed by atoms with Gasteiger partial charge in [0.25, 0.3) is 0 Å². The van der Waals surface area contributed by atoms with Crippen molar-refractivity contribution >= 4 is 26.0 Å². The largest absolute Gasteiger partial charge is 0.243 e. The van der Waals surface area contributed by atoms with Crippen LogP contribution in [0, 0.1) is 0 Å². The molecule has 0 saturated heterocycles. The van der Waals surface area contributed by atoms with E-state index in [0.29, 0.717) is 4.90 Å². The predicted octanol–water partition coefficient (Wildman–Crippen LogP) is 2.61. The monoisotopic (exact) mass is 305 g/mol. The fourth-order valence-corrected chi connectivity index (χ4v) is 2.94. The maximum absolute atomic E-state index is 12.1. The van der Waals surface area contributed by atoms with Crippen LogP contribution in [-0.4, -0.2) is 25.8 Å². The molecule has 5 heteroatoms. The van der Waals surface area contributed by atoms with E-state index < -0.39 is 10.0 Å². The second-order valence-electron chi connectivity index (χ2n) is 3.89. The van der Waals surface area contributed by atoms with E-state index in [1.807, 2.05) is 26.0 Å². The highest BCUT2D eigenvalue weighted by molar-refractivity contribution is 9.08. The number of nitrogens with zero attached hydrogens (tertiary/aromatic N) is 1. The molecule has 0 aliphatic rings. The van der Waals surface area contributed by atoms with Crippen LogP contribution in [0.15, 0.2) is 29.2 Å². The Bertz CT molecular complexity index is 440. The van der Waals surface area contributed by atoms with Crippen LogP contribution in [0.2, 0.25) is 0 Å². The third-order valence-corrected chi connectivity index (χ3v) is 5.18. The maximum atomic E-state index is 12.1. The van der Waals surface area contributed by atoms with Gasteiger partial charge < -0.3 is 0 Å². The lowest BCUT2D eigenvalue weighted by Crippen LogP contribution is -2.33. The number of rotatable bonds is 4. The van der Waals surface area contributed by atoms with Crippen LogP contribution in [-0.2, 0) is 15.4 Å². The summed E-state index contributed by atoms with van der Waals surface area (Å²) in [4.78, 5) is 0.341. The molecule has 0 fully saturated rings. The minimum absolute atomic E-state index is 0.0409. The molecule has 0 N–H and O–H groups in total. The van der Waals surface area contributed by atoms with Crippen molar-refractivity contribution in [2.45, 2.75) is 30.1 Å². The van der Waals surface area contributed by atoms with E-state index in [9.17, 15) is 8.42 Å². The number of halogens is 1. The first-order valence-corrected chi connectivity index (χ1v) is 7.58. The lowest BCUT2D eigenvalue weighted by Gasteiger charge is -2.20. The molecule has 0 atom stereocenters. The Kier molecular flexibility index (Phi) is 4.52. The van der Waals surface area contributed by atoms with Crippen molar-refractivity contribution in [3.63, 3.8) is 0 Å². The van der Waals surface area contributed by atoms with Crippen LogP contribution >= 0.6 is 15.9 Å². The van der Waals surface area contributed by atoms with Gasteiger partial charge in [-0.2, -0.15) is 4.31 Å². The van der Waals surface area contributed by atoms with Crippen LogP contribution in [0.25, 0.3) is 0 Å². The Hall–Kier alpha value is -0.390. The molecule has 1 aromatic carbocycles. The van der Waals surface area contributed by atoms with Gasteiger partial charge in [-0.05, 0) is 31.5 Å². The molecule has 0 amide bonds. The lowest BCUT2D eigenvalue weighted by molar-refractivity contribution is 0.410. The summed E-state index contributed by atoms with van der Waals surface area (Å²) in [6.45, 7) is 3.70. The van der Waals surface area contributed by atoms with E-state index >= 15 is 0 Å². The van der Waals surface area contributed by atoms with Crippen LogP contribution in [0.5, 0.6) is 0 Å². The van der Waals surface area contributed by atoms with Crippen molar-refractivity contribution in [1.29, 1.82) is 0 Å². The lowest BCUT2D eigenvalue weighted by atomic mass is 10.2. The molecule has 0 heterocycles. The minimum atomic E-state index is -3.35. The molecule has 90 valence electrons. The fraction of sp³-hybridized carbons (Fsp3) is 0.455. The van der Waals surface area contributed by atoms with Crippen LogP contribution in [0.1, 0.15) is 19.4 Å². The van der Waals surface area contributed by atoms with Gasteiger partial charge >= 0.3 is 0 Å². The summed E-state index contributed by atoms with van der Waals surface area (Å²) >= 11 is 3.32. The van der Waals surface area contributed by atoms with Crippen LogP contribution in [0.3, 0.4) is 0 Å². The molecule has 1 aromatic rings. The van der Waals surface area contributed by atoms with E-state index in [4.69, 9.17) is 0 Å². The molecule has 0 aromatic heterocycles. The number of benzene rings is 1. The molecular formula is C11H16BrNO2S. The zero-order valence-corrected chi connectivity index (χ0v) is 12.0. The van der Waals surface area contributed by atoms with E-state index in [-0.39, 0.29) is 6.04 Å². The Labute approximate surface area is 106 Å². The highest BCUT2D eigenvalue weighted by atomic mass is 79.9. The Morgan fingerprint density at radius 1 is 1.25 bits per heavy atom. The molecular weight excluding hydrogens is 290 g/mol. The average Bonchev–Trinajstić information content (AvgIpc) is 2.28. The number of sulfonamides is 1. The Morgan fingerprint density at radius 3 is 2.12 bits per heavy atom. The highest BCUT2D eigenvalue weighted by Crippen LogP contribution is 2.17.